The lowest BCUT2D eigenvalue weighted by Crippen LogP contribution is -1.96. The molecule has 0 saturated heterocycles. The summed E-state index contributed by atoms with van der Waals surface area (Å²) in [5, 5.41) is 0. The Morgan fingerprint density at radius 1 is 1.62 bits per heavy atom. The maximum absolute atomic E-state index is 11.3. The van der Waals surface area contributed by atoms with Gasteiger partial charge in [-0.3, -0.25) is 4.79 Å². The monoisotopic (exact) mass is 174 g/mol. The first-order valence-corrected chi connectivity index (χ1v) is 4.26. The Labute approximate surface area is 76.0 Å². The number of hydrogen-bond donors (Lipinski definition) is 0. The van der Waals surface area contributed by atoms with E-state index in [0.29, 0.717) is 6.42 Å². The van der Waals surface area contributed by atoms with Gasteiger partial charge in [0.25, 0.3) is 0 Å². The molecule has 2 aromatic heterocycles. The minimum atomic E-state index is 0.170. The molecule has 2 rings (SSSR count). The second-order valence-electron chi connectivity index (χ2n) is 2.92. The number of pyridine rings is 1. The SMILES string of the molecule is CCC(=O)c1ccn2cncc2c1. The predicted molar refractivity (Wildman–Crippen MR) is 49.8 cm³/mol. The Bertz CT molecular complexity index is 445. The molecule has 0 radical (unpaired) electrons. The zero-order valence-electron chi connectivity index (χ0n) is 7.40. The molecule has 3 heteroatoms. The number of aromatic nitrogens is 2. The van der Waals surface area contributed by atoms with Gasteiger partial charge in [-0.2, -0.15) is 0 Å². The maximum Gasteiger partial charge on any atom is 0.162 e. The molecule has 0 atom stereocenters. The molecule has 0 aliphatic carbocycles. The molecule has 66 valence electrons. The molecule has 3 nitrogen and oxygen atoms in total. The van der Waals surface area contributed by atoms with Gasteiger partial charge < -0.3 is 4.40 Å². The summed E-state index contributed by atoms with van der Waals surface area (Å²) in [6.45, 7) is 1.86. The van der Waals surface area contributed by atoms with Crippen LogP contribution in [0.3, 0.4) is 0 Å². The lowest BCUT2D eigenvalue weighted by molar-refractivity contribution is 0.0988. The van der Waals surface area contributed by atoms with Crippen molar-refractivity contribution < 1.29 is 4.79 Å². The fourth-order valence-corrected chi connectivity index (χ4v) is 1.30. The highest BCUT2D eigenvalue weighted by molar-refractivity contribution is 5.96. The lowest BCUT2D eigenvalue weighted by atomic mass is 10.1. The number of Topliss-reactive ketones (excluding diaryl/α,β-unsaturated/α-hetero) is 1. The molecule has 0 N–H and O–H groups in total. The Morgan fingerprint density at radius 2 is 2.46 bits per heavy atom. The molecular weight excluding hydrogens is 164 g/mol. The largest absolute Gasteiger partial charge is 0.306 e. The third-order valence-corrected chi connectivity index (χ3v) is 2.06. The number of nitrogens with zero attached hydrogens (tertiary/aromatic N) is 2. The first kappa shape index (κ1) is 7.98. The molecular formula is C10H10N2O. The van der Waals surface area contributed by atoms with E-state index in [1.807, 2.05) is 29.7 Å². The van der Waals surface area contributed by atoms with E-state index in [9.17, 15) is 4.79 Å². The summed E-state index contributed by atoms with van der Waals surface area (Å²) in [5.74, 6) is 0.170. The van der Waals surface area contributed by atoms with Gasteiger partial charge in [-0.15, -0.1) is 0 Å². The van der Waals surface area contributed by atoms with Gasteiger partial charge in [0, 0.05) is 18.2 Å². The van der Waals surface area contributed by atoms with Crippen molar-refractivity contribution in [3.8, 4) is 0 Å². The van der Waals surface area contributed by atoms with Crippen LogP contribution < -0.4 is 0 Å². The van der Waals surface area contributed by atoms with Crippen molar-refractivity contribution in [2.24, 2.45) is 0 Å². The molecule has 0 spiro atoms. The van der Waals surface area contributed by atoms with Gasteiger partial charge in [-0.25, -0.2) is 4.98 Å². The second-order valence-corrected chi connectivity index (χ2v) is 2.92. The van der Waals surface area contributed by atoms with Crippen molar-refractivity contribution in [2.75, 3.05) is 0 Å². The average molecular weight is 174 g/mol. The van der Waals surface area contributed by atoms with Crippen molar-refractivity contribution in [2.45, 2.75) is 13.3 Å². The normalized spacial score (nSPS) is 10.5. The van der Waals surface area contributed by atoms with Crippen LogP contribution in [0.5, 0.6) is 0 Å². The molecule has 0 aromatic carbocycles. The molecule has 13 heavy (non-hydrogen) atoms. The summed E-state index contributed by atoms with van der Waals surface area (Å²) in [5.41, 5.74) is 1.72. The van der Waals surface area contributed by atoms with Gasteiger partial charge in [0.2, 0.25) is 0 Å². The van der Waals surface area contributed by atoms with Crippen molar-refractivity contribution in [1.82, 2.24) is 9.38 Å². The fourth-order valence-electron chi connectivity index (χ4n) is 1.30. The van der Waals surface area contributed by atoms with Crippen LogP contribution in [0.25, 0.3) is 5.52 Å². The van der Waals surface area contributed by atoms with Gasteiger partial charge in [0.1, 0.15) is 0 Å². The summed E-state index contributed by atoms with van der Waals surface area (Å²) in [6.07, 6.45) is 5.86. The van der Waals surface area contributed by atoms with Crippen molar-refractivity contribution in [3.63, 3.8) is 0 Å². The molecule has 0 unspecified atom stereocenters. The van der Waals surface area contributed by atoms with Crippen LogP contribution in [-0.4, -0.2) is 15.2 Å². The van der Waals surface area contributed by atoms with Crippen LogP contribution in [0, 0.1) is 0 Å². The van der Waals surface area contributed by atoms with Crippen LogP contribution in [0.15, 0.2) is 30.9 Å². The Morgan fingerprint density at radius 3 is 3.23 bits per heavy atom. The van der Waals surface area contributed by atoms with Crippen molar-refractivity contribution in [3.05, 3.63) is 36.4 Å². The third kappa shape index (κ3) is 1.33. The van der Waals surface area contributed by atoms with Gasteiger partial charge in [-0.05, 0) is 12.1 Å². The first-order chi connectivity index (χ1) is 6.31. The molecule has 0 aliphatic rings. The number of fused-ring (bicyclic) bond motifs is 1. The van der Waals surface area contributed by atoms with Crippen LogP contribution in [0.1, 0.15) is 23.7 Å². The average Bonchev–Trinajstić information content (AvgIpc) is 2.63. The number of hydrogen-bond acceptors (Lipinski definition) is 2. The summed E-state index contributed by atoms with van der Waals surface area (Å²) in [7, 11) is 0. The second kappa shape index (κ2) is 3.01. The molecule has 0 aliphatic heterocycles. The van der Waals surface area contributed by atoms with Crippen LogP contribution in [-0.2, 0) is 0 Å². The number of imidazole rings is 1. The highest BCUT2D eigenvalue weighted by Crippen LogP contribution is 2.08. The van der Waals surface area contributed by atoms with E-state index >= 15 is 0 Å². The van der Waals surface area contributed by atoms with E-state index in [-0.39, 0.29) is 5.78 Å². The van der Waals surface area contributed by atoms with E-state index in [2.05, 4.69) is 4.98 Å². The van der Waals surface area contributed by atoms with E-state index in [1.54, 1.807) is 12.5 Å². The van der Waals surface area contributed by atoms with Crippen LogP contribution in [0.4, 0.5) is 0 Å². The first-order valence-electron chi connectivity index (χ1n) is 4.26. The topological polar surface area (TPSA) is 34.4 Å². The van der Waals surface area contributed by atoms with Gasteiger partial charge >= 0.3 is 0 Å². The molecule has 2 aromatic rings. The number of carbonyl (C=O) groups is 1. The Kier molecular flexibility index (Phi) is 1.85. The molecule has 2 heterocycles. The van der Waals surface area contributed by atoms with E-state index in [1.165, 1.54) is 0 Å². The summed E-state index contributed by atoms with van der Waals surface area (Å²) in [4.78, 5) is 15.3. The number of ketones is 1. The number of rotatable bonds is 2. The van der Waals surface area contributed by atoms with Crippen molar-refractivity contribution >= 4 is 11.3 Å². The van der Waals surface area contributed by atoms with Crippen molar-refractivity contribution in [1.29, 1.82) is 0 Å². The predicted octanol–water partition coefficient (Wildman–Crippen LogP) is 1.93. The summed E-state index contributed by atoms with van der Waals surface area (Å²) < 4.78 is 1.88. The van der Waals surface area contributed by atoms with Gasteiger partial charge in [0.05, 0.1) is 18.0 Å². The van der Waals surface area contributed by atoms with E-state index in [4.69, 9.17) is 0 Å². The van der Waals surface area contributed by atoms with Crippen LogP contribution >= 0.6 is 0 Å². The lowest BCUT2D eigenvalue weighted by Gasteiger charge is -1.98. The molecule has 0 bridgehead atoms. The highest BCUT2D eigenvalue weighted by atomic mass is 16.1. The summed E-state index contributed by atoms with van der Waals surface area (Å²) in [6, 6.07) is 3.68. The fraction of sp³-hybridized carbons (Fsp3) is 0.200. The highest BCUT2D eigenvalue weighted by Gasteiger charge is 2.03. The molecule has 0 amide bonds. The maximum atomic E-state index is 11.3. The quantitative estimate of drug-likeness (QED) is 0.652. The zero-order chi connectivity index (χ0) is 9.26. The smallest absolute Gasteiger partial charge is 0.162 e. The van der Waals surface area contributed by atoms with Gasteiger partial charge in [-0.1, -0.05) is 6.92 Å². The zero-order valence-corrected chi connectivity index (χ0v) is 7.40. The van der Waals surface area contributed by atoms with E-state index in [0.717, 1.165) is 11.1 Å². The third-order valence-electron chi connectivity index (χ3n) is 2.06. The summed E-state index contributed by atoms with van der Waals surface area (Å²) >= 11 is 0. The Hall–Kier alpha value is -1.64. The minimum absolute atomic E-state index is 0.170. The molecule has 0 fully saturated rings. The standard InChI is InChI=1S/C10H10N2O/c1-2-10(13)8-3-4-12-7-11-6-9(12)5-8/h3-7H,2H2,1H3. The Balaban J connectivity index is 2.54. The number of carbonyl (C=O) groups excluding carboxylic acids is 1. The van der Waals surface area contributed by atoms with Crippen LogP contribution in [0.2, 0.25) is 0 Å². The van der Waals surface area contributed by atoms with E-state index < -0.39 is 0 Å². The van der Waals surface area contributed by atoms with Gasteiger partial charge in [0.15, 0.2) is 5.78 Å². The molecule has 0 saturated carbocycles. The minimum Gasteiger partial charge on any atom is -0.306 e.